The lowest BCUT2D eigenvalue weighted by molar-refractivity contribution is -0.160. The van der Waals surface area contributed by atoms with E-state index in [9.17, 15) is 14.4 Å². The molecule has 0 amide bonds. The lowest BCUT2D eigenvalue weighted by atomic mass is 9.43. The van der Waals surface area contributed by atoms with E-state index in [-0.39, 0.29) is 29.2 Å². The Morgan fingerprint density at radius 3 is 2.59 bits per heavy atom. The molecule has 4 aliphatic carbocycles. The molecule has 0 aliphatic heterocycles. The van der Waals surface area contributed by atoms with E-state index >= 15 is 0 Å². The number of allylic oxidation sites excluding steroid dienone is 1. The molecule has 0 spiro atoms. The van der Waals surface area contributed by atoms with Gasteiger partial charge in [0.05, 0.1) is 5.41 Å². The highest BCUT2D eigenvalue weighted by atomic mass is 16.5. The highest BCUT2D eigenvalue weighted by molar-refractivity contribution is 5.94. The number of hydrogen-bond donors (Lipinski definition) is 0. The van der Waals surface area contributed by atoms with Crippen molar-refractivity contribution in [2.24, 2.45) is 40.4 Å². The van der Waals surface area contributed by atoms with Crippen molar-refractivity contribution < 1.29 is 19.1 Å². The number of fused-ring (bicyclic) bond motifs is 5. The van der Waals surface area contributed by atoms with Crippen LogP contribution < -0.4 is 0 Å². The maximum atomic E-state index is 12.6. The molecule has 4 aliphatic rings. The number of carbonyl (C=O) groups excluding carboxylic acids is 3. The molecule has 3 saturated carbocycles. The fraction of sp³-hybridized carbons (Fsp3) is 0.783. The van der Waals surface area contributed by atoms with E-state index in [2.05, 4.69) is 20.8 Å². The molecule has 0 aromatic carbocycles. The van der Waals surface area contributed by atoms with Crippen LogP contribution in [-0.4, -0.2) is 24.1 Å². The number of aldehydes is 1. The van der Waals surface area contributed by atoms with Gasteiger partial charge in [0.1, 0.15) is 12.4 Å². The third-order valence-electron chi connectivity index (χ3n) is 8.78. The zero-order valence-corrected chi connectivity index (χ0v) is 17.0. The average molecular weight is 373 g/mol. The monoisotopic (exact) mass is 372 g/mol. The number of carbonyl (C=O) groups is 3. The number of hydrogen-bond acceptors (Lipinski definition) is 4. The average Bonchev–Trinajstić information content (AvgIpc) is 2.90. The minimum Gasteiger partial charge on any atom is -0.462 e. The minimum atomic E-state index is -0.466. The topological polar surface area (TPSA) is 60.4 Å². The van der Waals surface area contributed by atoms with Crippen LogP contribution in [0.25, 0.3) is 0 Å². The van der Waals surface area contributed by atoms with Crippen LogP contribution in [0, 0.1) is 40.4 Å². The largest absolute Gasteiger partial charge is 0.462 e. The predicted octanol–water partition coefficient (Wildman–Crippen LogP) is 4.12. The van der Waals surface area contributed by atoms with Gasteiger partial charge in [-0.05, 0) is 67.8 Å². The van der Waals surface area contributed by atoms with Crippen LogP contribution in [0.5, 0.6) is 0 Å². The molecule has 0 N–H and O–H groups in total. The third kappa shape index (κ3) is 2.51. The fourth-order valence-corrected chi connectivity index (χ4v) is 7.66. The molecule has 148 valence electrons. The van der Waals surface area contributed by atoms with Crippen molar-refractivity contribution >= 4 is 18.0 Å². The molecule has 0 bridgehead atoms. The van der Waals surface area contributed by atoms with Crippen LogP contribution in [0.4, 0.5) is 0 Å². The van der Waals surface area contributed by atoms with Crippen molar-refractivity contribution in [2.75, 3.05) is 0 Å². The fourth-order valence-electron chi connectivity index (χ4n) is 7.66. The second kappa shape index (κ2) is 6.28. The summed E-state index contributed by atoms with van der Waals surface area (Å²) in [7, 11) is 0. The van der Waals surface area contributed by atoms with E-state index in [1.807, 2.05) is 0 Å². The number of ether oxygens (including phenoxy) is 1. The summed E-state index contributed by atoms with van der Waals surface area (Å²) in [5, 5.41) is 0. The molecule has 0 aromatic rings. The molecule has 4 heteroatoms. The maximum Gasteiger partial charge on any atom is 0.302 e. The van der Waals surface area contributed by atoms with Crippen LogP contribution in [-0.2, 0) is 19.1 Å². The smallest absolute Gasteiger partial charge is 0.302 e. The SMILES string of the molecule is CC(=O)OC1CC[C@H]2[C@@H]3C(C)CC4=CC(=O)CC(C)[C@]4(C=O)[C@@H]3CC[C@]12C. The highest BCUT2D eigenvalue weighted by Gasteiger charge is 2.64. The van der Waals surface area contributed by atoms with E-state index < -0.39 is 5.41 Å². The van der Waals surface area contributed by atoms with Gasteiger partial charge in [-0.1, -0.05) is 26.3 Å². The lowest BCUT2D eigenvalue weighted by Gasteiger charge is -2.60. The summed E-state index contributed by atoms with van der Waals surface area (Å²) < 4.78 is 5.73. The highest BCUT2D eigenvalue weighted by Crippen LogP contribution is 2.67. The van der Waals surface area contributed by atoms with Gasteiger partial charge in [0.15, 0.2) is 5.78 Å². The van der Waals surface area contributed by atoms with Crippen molar-refractivity contribution in [1.82, 2.24) is 0 Å². The predicted molar refractivity (Wildman–Crippen MR) is 102 cm³/mol. The van der Waals surface area contributed by atoms with Gasteiger partial charge in [0.2, 0.25) is 0 Å². The van der Waals surface area contributed by atoms with Crippen LogP contribution in [0.2, 0.25) is 0 Å². The molecular formula is C23H32O4. The Morgan fingerprint density at radius 2 is 1.93 bits per heavy atom. The molecule has 3 unspecified atom stereocenters. The van der Waals surface area contributed by atoms with Crippen molar-refractivity contribution in [3.63, 3.8) is 0 Å². The van der Waals surface area contributed by atoms with Gasteiger partial charge in [0, 0.05) is 18.8 Å². The van der Waals surface area contributed by atoms with Gasteiger partial charge in [-0.25, -0.2) is 0 Å². The minimum absolute atomic E-state index is 0.00243. The van der Waals surface area contributed by atoms with Crippen LogP contribution in [0.1, 0.15) is 66.2 Å². The van der Waals surface area contributed by atoms with Crippen molar-refractivity contribution in [3.05, 3.63) is 11.6 Å². The first-order valence-electron chi connectivity index (χ1n) is 10.6. The summed E-state index contributed by atoms with van der Waals surface area (Å²) in [6.07, 6.45) is 8.30. The van der Waals surface area contributed by atoms with Gasteiger partial charge in [-0.3, -0.25) is 9.59 Å². The summed E-state index contributed by atoms with van der Waals surface area (Å²) >= 11 is 0. The Balaban J connectivity index is 1.74. The van der Waals surface area contributed by atoms with Crippen LogP contribution in [0.3, 0.4) is 0 Å². The molecule has 0 saturated heterocycles. The molecule has 4 rings (SSSR count). The van der Waals surface area contributed by atoms with E-state index in [0.29, 0.717) is 30.1 Å². The summed E-state index contributed by atoms with van der Waals surface area (Å²) in [6, 6.07) is 0. The first-order chi connectivity index (χ1) is 12.7. The van der Waals surface area contributed by atoms with Gasteiger partial charge >= 0.3 is 5.97 Å². The number of ketones is 1. The summed E-state index contributed by atoms with van der Waals surface area (Å²) in [6.45, 7) is 8.19. The van der Waals surface area contributed by atoms with E-state index in [0.717, 1.165) is 37.7 Å². The molecule has 0 radical (unpaired) electrons. The summed E-state index contributed by atoms with van der Waals surface area (Å²) in [5.41, 5.74) is 0.639. The Bertz CT molecular complexity index is 709. The second-order valence-electron chi connectivity index (χ2n) is 9.98. The standard InChI is InChI=1S/C23H32O4/c1-13-9-16-11-17(26)10-14(2)23(16,12-24)19-7-8-22(4)18(21(13)19)5-6-20(22)27-15(3)25/h11-14,18-21H,5-10H2,1-4H3/t13?,14?,18-,19+,20?,21-,22-,23-/m0/s1. The Morgan fingerprint density at radius 1 is 1.19 bits per heavy atom. The Kier molecular flexibility index (Phi) is 4.40. The van der Waals surface area contributed by atoms with Gasteiger partial charge in [-0.15, -0.1) is 0 Å². The zero-order chi connectivity index (χ0) is 19.6. The van der Waals surface area contributed by atoms with E-state index in [4.69, 9.17) is 4.74 Å². The van der Waals surface area contributed by atoms with E-state index in [1.54, 1.807) is 6.08 Å². The van der Waals surface area contributed by atoms with Gasteiger partial charge in [-0.2, -0.15) is 0 Å². The first-order valence-corrected chi connectivity index (χ1v) is 10.6. The second-order valence-corrected chi connectivity index (χ2v) is 9.98. The molecular weight excluding hydrogens is 340 g/mol. The van der Waals surface area contributed by atoms with Crippen molar-refractivity contribution in [2.45, 2.75) is 72.3 Å². The first kappa shape index (κ1) is 18.9. The molecule has 3 fully saturated rings. The molecule has 8 atom stereocenters. The maximum absolute atomic E-state index is 12.6. The normalized spacial score (nSPS) is 48.7. The number of esters is 1. The molecule has 0 aromatic heterocycles. The third-order valence-corrected chi connectivity index (χ3v) is 8.78. The van der Waals surface area contributed by atoms with Gasteiger partial charge in [0.25, 0.3) is 0 Å². The van der Waals surface area contributed by atoms with Crippen molar-refractivity contribution in [3.8, 4) is 0 Å². The molecule has 4 nitrogen and oxygen atoms in total. The molecule has 27 heavy (non-hydrogen) atoms. The molecule has 0 heterocycles. The van der Waals surface area contributed by atoms with E-state index in [1.165, 1.54) is 13.2 Å². The summed E-state index contributed by atoms with van der Waals surface area (Å²) in [4.78, 5) is 36.4. The quantitative estimate of drug-likeness (QED) is 0.540. The zero-order valence-electron chi connectivity index (χ0n) is 17.0. The van der Waals surface area contributed by atoms with Crippen LogP contribution >= 0.6 is 0 Å². The number of rotatable bonds is 2. The lowest BCUT2D eigenvalue weighted by Crippen LogP contribution is -2.57. The van der Waals surface area contributed by atoms with Gasteiger partial charge < -0.3 is 9.53 Å². The van der Waals surface area contributed by atoms with Crippen LogP contribution in [0.15, 0.2) is 11.6 Å². The van der Waals surface area contributed by atoms with Crippen molar-refractivity contribution in [1.29, 1.82) is 0 Å². The Hall–Kier alpha value is -1.45. The summed E-state index contributed by atoms with van der Waals surface area (Å²) in [5.74, 6) is 1.78. The Labute approximate surface area is 162 Å².